The minimum Gasteiger partial charge on any atom is -0.292 e. The molecule has 0 fully saturated rings. The third-order valence-corrected chi connectivity index (χ3v) is 8.51. The number of carbonyl (C=O) groups excluding carboxylic acids is 2. The van der Waals surface area contributed by atoms with Gasteiger partial charge in [-0.05, 0) is 60.8 Å². The van der Waals surface area contributed by atoms with E-state index in [0.29, 0.717) is 0 Å². The minimum absolute atomic E-state index is 0.0620. The average molecular weight is 517 g/mol. The third kappa shape index (κ3) is 6.46. The lowest BCUT2D eigenvalue weighted by molar-refractivity contribution is -0.111. The van der Waals surface area contributed by atoms with Crippen LogP contribution in [0.1, 0.15) is 43.1 Å². The van der Waals surface area contributed by atoms with Crippen molar-refractivity contribution in [2.45, 2.75) is 34.1 Å². The molecule has 0 aliphatic carbocycles. The number of carbonyl (C=O) groups is 2. The first kappa shape index (κ1) is 25.3. The van der Waals surface area contributed by atoms with Crippen molar-refractivity contribution in [2.75, 3.05) is 0 Å². The monoisotopic (exact) mass is 516 g/mol. The number of Topliss-reactive ketones (excluding diaryl/α,β-unsaturated/α-hetero) is 1. The van der Waals surface area contributed by atoms with Crippen LogP contribution < -0.4 is 0 Å². The van der Waals surface area contributed by atoms with Crippen molar-refractivity contribution in [3.8, 4) is 0 Å². The second-order valence-electron chi connectivity index (χ2n) is 8.30. The Morgan fingerprint density at radius 3 is 2.06 bits per heavy atom. The number of hydrogen-bond acceptors (Lipinski definition) is 4. The van der Waals surface area contributed by atoms with Crippen LogP contribution in [0.3, 0.4) is 0 Å². The topological polar surface area (TPSA) is 34.1 Å². The number of rotatable bonds is 5. The molecule has 0 amide bonds. The van der Waals surface area contributed by atoms with E-state index in [-0.39, 0.29) is 21.5 Å². The Hall–Kier alpha value is -2.79. The molecule has 1 aliphatic heterocycles. The van der Waals surface area contributed by atoms with Gasteiger partial charge in [0.15, 0.2) is 5.78 Å². The van der Waals surface area contributed by atoms with Crippen LogP contribution in [0.25, 0.3) is 0 Å². The molecule has 0 saturated heterocycles. The molecule has 1 heterocycles. The normalized spacial score (nSPS) is 15.1. The highest BCUT2D eigenvalue weighted by Gasteiger charge is 2.32. The van der Waals surface area contributed by atoms with Crippen molar-refractivity contribution in [3.05, 3.63) is 131 Å². The Labute approximate surface area is 220 Å². The summed E-state index contributed by atoms with van der Waals surface area (Å²) in [6, 6.07) is 33.8. The third-order valence-electron chi connectivity index (χ3n) is 5.57. The number of thioether (sulfide) groups is 2. The maximum atomic E-state index is 12.3. The molecule has 176 valence electrons. The molecule has 0 radical (unpaired) electrons. The number of hydrogen-bond donors (Lipinski definition) is 0. The van der Waals surface area contributed by atoms with Crippen molar-refractivity contribution in [1.29, 1.82) is 0 Å². The van der Waals surface area contributed by atoms with E-state index in [2.05, 4.69) is 12.1 Å². The van der Waals surface area contributed by atoms with E-state index >= 15 is 0 Å². The Kier molecular flexibility index (Phi) is 8.50. The van der Waals surface area contributed by atoms with E-state index in [1.54, 1.807) is 11.8 Å². The lowest BCUT2D eigenvalue weighted by atomic mass is 10.0. The van der Waals surface area contributed by atoms with E-state index in [1.165, 1.54) is 17.3 Å². The lowest BCUT2D eigenvalue weighted by Gasteiger charge is -2.12. The smallest absolute Gasteiger partial charge is 0.239 e. The van der Waals surface area contributed by atoms with Gasteiger partial charge in [-0.2, -0.15) is 0 Å². The van der Waals surface area contributed by atoms with Crippen LogP contribution in [0.15, 0.2) is 113 Å². The largest absolute Gasteiger partial charge is 0.292 e. The summed E-state index contributed by atoms with van der Waals surface area (Å²) in [5.41, 5.74) is 5.25. The molecule has 2 nitrogen and oxygen atoms in total. The first-order valence-electron chi connectivity index (χ1n) is 11.3. The van der Waals surface area contributed by atoms with Gasteiger partial charge < -0.3 is 0 Å². The molecule has 35 heavy (non-hydrogen) atoms. The van der Waals surface area contributed by atoms with Crippen LogP contribution in [0.5, 0.6) is 0 Å². The average Bonchev–Trinajstić information content (AvgIpc) is 3.20. The van der Waals surface area contributed by atoms with Crippen LogP contribution in [-0.2, 0) is 4.79 Å². The highest BCUT2D eigenvalue weighted by Crippen LogP contribution is 2.46. The lowest BCUT2D eigenvalue weighted by Crippen LogP contribution is -2.03. The standard InChI is InChI=1S/C15H13ClOS.C15H12OS/c1-11-7-9-13(10-8-11)18-14(15(16)17)12-5-3-2-4-6-12;1-10-7-8-13-12(9-10)14(16)15(17-13)11-5-3-2-4-6-11/h2-10,14H,1H3;2-9,15H,1H3. The van der Waals surface area contributed by atoms with Gasteiger partial charge in [0.1, 0.15) is 5.25 Å². The molecule has 0 spiro atoms. The molecular weight excluding hydrogens is 492 g/mol. The molecule has 2 atom stereocenters. The van der Waals surface area contributed by atoms with Gasteiger partial charge in [-0.15, -0.1) is 23.5 Å². The van der Waals surface area contributed by atoms with Crippen LogP contribution in [-0.4, -0.2) is 11.0 Å². The molecule has 0 aromatic heterocycles. The fourth-order valence-corrected chi connectivity index (χ4v) is 6.16. The second-order valence-corrected chi connectivity index (χ2v) is 11.0. The van der Waals surface area contributed by atoms with Crippen LogP contribution in [0.2, 0.25) is 0 Å². The van der Waals surface area contributed by atoms with Gasteiger partial charge in [-0.3, -0.25) is 9.59 Å². The van der Waals surface area contributed by atoms with E-state index in [1.807, 2.05) is 105 Å². The van der Waals surface area contributed by atoms with Gasteiger partial charge >= 0.3 is 0 Å². The van der Waals surface area contributed by atoms with Crippen molar-refractivity contribution in [1.82, 2.24) is 0 Å². The molecule has 5 heteroatoms. The van der Waals surface area contributed by atoms with Gasteiger partial charge in [0.2, 0.25) is 5.24 Å². The molecule has 1 aliphatic rings. The Balaban J connectivity index is 0.000000165. The second kappa shape index (κ2) is 11.8. The SMILES string of the molecule is Cc1ccc(SC(C(=O)Cl)c2ccccc2)cc1.Cc1ccc2c(c1)C(=O)C(c1ccccc1)S2. The van der Waals surface area contributed by atoms with Gasteiger partial charge in [0.05, 0.1) is 5.25 Å². The van der Waals surface area contributed by atoms with Crippen molar-refractivity contribution in [3.63, 3.8) is 0 Å². The first-order chi connectivity index (χ1) is 16.9. The predicted molar refractivity (Wildman–Crippen MR) is 148 cm³/mol. The summed E-state index contributed by atoms with van der Waals surface area (Å²) in [6.07, 6.45) is 0. The summed E-state index contributed by atoms with van der Waals surface area (Å²) in [6.45, 7) is 4.06. The zero-order valence-electron chi connectivity index (χ0n) is 19.5. The molecule has 4 aromatic rings. The zero-order chi connectivity index (χ0) is 24.8. The highest BCUT2D eigenvalue weighted by atomic mass is 35.5. The molecule has 5 rings (SSSR count). The number of halogens is 1. The molecule has 0 N–H and O–H groups in total. The van der Waals surface area contributed by atoms with Crippen molar-refractivity contribution < 1.29 is 9.59 Å². The van der Waals surface area contributed by atoms with Crippen LogP contribution in [0, 0.1) is 13.8 Å². The number of aryl methyl sites for hydroxylation is 2. The van der Waals surface area contributed by atoms with E-state index < -0.39 is 0 Å². The maximum Gasteiger partial charge on any atom is 0.239 e. The highest BCUT2D eigenvalue weighted by molar-refractivity contribution is 8.01. The summed E-state index contributed by atoms with van der Waals surface area (Å²) < 4.78 is 0. The fraction of sp³-hybridized carbons (Fsp3) is 0.133. The van der Waals surface area contributed by atoms with E-state index in [0.717, 1.165) is 32.0 Å². The fourth-order valence-electron chi connectivity index (χ4n) is 3.73. The number of benzene rings is 4. The zero-order valence-corrected chi connectivity index (χ0v) is 21.9. The summed E-state index contributed by atoms with van der Waals surface area (Å²) in [5, 5.41) is -0.754. The van der Waals surface area contributed by atoms with Gasteiger partial charge in [-0.25, -0.2) is 0 Å². The Morgan fingerprint density at radius 1 is 0.829 bits per heavy atom. The van der Waals surface area contributed by atoms with E-state index in [4.69, 9.17) is 11.6 Å². The molecular formula is C30H25ClO2S2. The Bertz CT molecular complexity index is 1310. The van der Waals surface area contributed by atoms with Crippen molar-refractivity contribution in [2.24, 2.45) is 0 Å². The predicted octanol–water partition coefficient (Wildman–Crippen LogP) is 8.62. The summed E-state index contributed by atoms with van der Waals surface area (Å²) >= 11 is 8.83. The summed E-state index contributed by atoms with van der Waals surface area (Å²) in [5.74, 6) is 0.236. The van der Waals surface area contributed by atoms with Crippen LogP contribution >= 0.6 is 35.1 Å². The van der Waals surface area contributed by atoms with Crippen molar-refractivity contribution >= 4 is 46.2 Å². The van der Waals surface area contributed by atoms with Gasteiger partial charge in [0.25, 0.3) is 0 Å². The molecule has 0 saturated carbocycles. The number of fused-ring (bicyclic) bond motifs is 1. The number of ketones is 1. The van der Waals surface area contributed by atoms with E-state index in [9.17, 15) is 9.59 Å². The van der Waals surface area contributed by atoms with Gasteiger partial charge in [-0.1, -0.05) is 90.0 Å². The first-order valence-corrected chi connectivity index (χ1v) is 13.4. The molecule has 4 aromatic carbocycles. The molecule has 2 unspecified atom stereocenters. The maximum absolute atomic E-state index is 12.3. The Morgan fingerprint density at radius 2 is 1.43 bits per heavy atom. The summed E-state index contributed by atoms with van der Waals surface area (Å²) in [7, 11) is 0. The van der Waals surface area contributed by atoms with Crippen LogP contribution in [0.4, 0.5) is 0 Å². The molecule has 0 bridgehead atoms. The minimum atomic E-state index is -0.351. The summed E-state index contributed by atoms with van der Waals surface area (Å²) in [4.78, 5) is 26.0. The van der Waals surface area contributed by atoms with Gasteiger partial charge in [0, 0.05) is 15.4 Å². The quantitative estimate of drug-likeness (QED) is 0.196.